The number of hydrogen-bond donors (Lipinski definition) is 1. The van der Waals surface area contributed by atoms with Crippen molar-refractivity contribution in [3.8, 4) is 0 Å². The first kappa shape index (κ1) is 16.0. The lowest BCUT2D eigenvalue weighted by atomic mass is 10.1. The van der Waals surface area contributed by atoms with Crippen LogP contribution in [0.4, 0.5) is 11.4 Å². The van der Waals surface area contributed by atoms with Gasteiger partial charge in [-0.05, 0) is 49.3 Å². The van der Waals surface area contributed by atoms with E-state index in [9.17, 15) is 0 Å². The zero-order chi connectivity index (χ0) is 15.2. The van der Waals surface area contributed by atoms with Crippen LogP contribution in [0, 0.1) is 0 Å². The van der Waals surface area contributed by atoms with E-state index in [0.29, 0.717) is 0 Å². The van der Waals surface area contributed by atoms with Gasteiger partial charge in [0.2, 0.25) is 0 Å². The van der Waals surface area contributed by atoms with Gasteiger partial charge in [-0.25, -0.2) is 0 Å². The van der Waals surface area contributed by atoms with Gasteiger partial charge in [0, 0.05) is 55.9 Å². The van der Waals surface area contributed by atoms with E-state index in [4.69, 9.17) is 0 Å². The molecule has 3 nitrogen and oxygen atoms in total. The van der Waals surface area contributed by atoms with Gasteiger partial charge in [0.25, 0.3) is 0 Å². The van der Waals surface area contributed by atoms with Crippen molar-refractivity contribution in [3.05, 3.63) is 24.3 Å². The smallest absolute Gasteiger partial charge is 0.0368 e. The summed E-state index contributed by atoms with van der Waals surface area (Å²) in [7, 11) is 0. The zero-order valence-corrected chi connectivity index (χ0v) is 14.6. The van der Waals surface area contributed by atoms with Crippen LogP contribution in [0.5, 0.6) is 0 Å². The van der Waals surface area contributed by atoms with Crippen LogP contribution < -0.4 is 15.1 Å². The van der Waals surface area contributed by atoms with Gasteiger partial charge in [-0.1, -0.05) is 6.92 Å². The van der Waals surface area contributed by atoms with Crippen molar-refractivity contribution in [3.63, 3.8) is 0 Å². The molecule has 2 aliphatic heterocycles. The molecular formula is C18H29N3S. The topological polar surface area (TPSA) is 18.5 Å². The van der Waals surface area contributed by atoms with Gasteiger partial charge in [0.15, 0.2) is 0 Å². The minimum atomic E-state index is 0.885. The molecule has 4 heteroatoms. The summed E-state index contributed by atoms with van der Waals surface area (Å²) in [6, 6.07) is 9.24. The van der Waals surface area contributed by atoms with Crippen molar-refractivity contribution < 1.29 is 0 Å². The molecule has 22 heavy (non-hydrogen) atoms. The summed E-state index contributed by atoms with van der Waals surface area (Å²) in [5.74, 6) is 1.32. The molecule has 1 N–H and O–H groups in total. The molecule has 2 heterocycles. The highest BCUT2D eigenvalue weighted by atomic mass is 32.2. The number of piperidine rings is 1. The number of nitrogens with one attached hydrogen (secondary N) is 1. The number of anilines is 2. The van der Waals surface area contributed by atoms with Gasteiger partial charge in [0.1, 0.15) is 0 Å². The Morgan fingerprint density at radius 1 is 0.955 bits per heavy atom. The lowest BCUT2D eigenvalue weighted by molar-refractivity contribution is 0.587. The maximum absolute atomic E-state index is 3.41. The fourth-order valence-corrected chi connectivity index (χ4v) is 4.48. The second-order valence-electron chi connectivity index (χ2n) is 6.31. The first-order chi connectivity index (χ1) is 10.9. The van der Waals surface area contributed by atoms with E-state index in [1.54, 1.807) is 0 Å². The molecule has 0 radical (unpaired) electrons. The maximum atomic E-state index is 3.41. The first-order valence-electron chi connectivity index (χ1n) is 8.79. The van der Waals surface area contributed by atoms with Crippen molar-refractivity contribution in [2.75, 3.05) is 54.8 Å². The van der Waals surface area contributed by atoms with Crippen LogP contribution >= 0.6 is 11.8 Å². The molecule has 0 aromatic heterocycles. The second kappa shape index (κ2) is 8.11. The molecule has 2 aliphatic rings. The van der Waals surface area contributed by atoms with E-state index >= 15 is 0 Å². The molecule has 0 atom stereocenters. The summed E-state index contributed by atoms with van der Waals surface area (Å²) in [5, 5.41) is 4.30. The molecule has 2 saturated heterocycles. The van der Waals surface area contributed by atoms with Gasteiger partial charge in [-0.2, -0.15) is 11.8 Å². The molecule has 0 unspecified atom stereocenters. The normalized spacial score (nSPS) is 20.4. The summed E-state index contributed by atoms with van der Waals surface area (Å²) in [6.45, 7) is 9.17. The number of nitrogens with zero attached hydrogens (tertiary/aromatic N) is 2. The fourth-order valence-electron chi connectivity index (χ4n) is 3.36. The van der Waals surface area contributed by atoms with E-state index in [-0.39, 0.29) is 0 Å². The Labute approximate surface area is 139 Å². The van der Waals surface area contributed by atoms with Gasteiger partial charge in [-0.15, -0.1) is 0 Å². The SMILES string of the molecule is CCCSC1CCN(c2ccc(N3CCNCC3)cc2)CC1. The molecule has 1 aromatic rings. The minimum Gasteiger partial charge on any atom is -0.371 e. The molecular weight excluding hydrogens is 290 g/mol. The number of hydrogen-bond acceptors (Lipinski definition) is 4. The maximum Gasteiger partial charge on any atom is 0.0368 e. The zero-order valence-electron chi connectivity index (χ0n) is 13.8. The Morgan fingerprint density at radius 2 is 1.50 bits per heavy atom. The lowest BCUT2D eigenvalue weighted by Crippen LogP contribution is -2.43. The molecule has 0 saturated carbocycles. The average Bonchev–Trinajstić information content (AvgIpc) is 2.61. The first-order valence-corrected chi connectivity index (χ1v) is 9.84. The molecule has 0 bridgehead atoms. The van der Waals surface area contributed by atoms with Crippen LogP contribution in [0.25, 0.3) is 0 Å². The largest absolute Gasteiger partial charge is 0.371 e. The summed E-state index contributed by atoms with van der Waals surface area (Å²) in [5.41, 5.74) is 2.77. The Balaban J connectivity index is 1.52. The predicted octanol–water partition coefficient (Wildman–Crippen LogP) is 3.21. The predicted molar refractivity (Wildman–Crippen MR) is 99.5 cm³/mol. The number of rotatable bonds is 5. The Kier molecular flexibility index (Phi) is 5.90. The second-order valence-corrected chi connectivity index (χ2v) is 7.72. The van der Waals surface area contributed by atoms with Crippen LogP contribution in [-0.2, 0) is 0 Å². The van der Waals surface area contributed by atoms with Gasteiger partial charge >= 0.3 is 0 Å². The summed E-state index contributed by atoms with van der Waals surface area (Å²) in [4.78, 5) is 5.04. The summed E-state index contributed by atoms with van der Waals surface area (Å²) in [6.07, 6.45) is 3.98. The van der Waals surface area contributed by atoms with E-state index in [1.165, 1.54) is 49.5 Å². The average molecular weight is 320 g/mol. The quantitative estimate of drug-likeness (QED) is 0.898. The third-order valence-electron chi connectivity index (χ3n) is 4.70. The van der Waals surface area contributed by atoms with Crippen molar-refractivity contribution in [1.82, 2.24) is 5.32 Å². The number of piperazine rings is 1. The Bertz CT molecular complexity index is 434. The number of thioether (sulfide) groups is 1. The van der Waals surface area contributed by atoms with Crippen LogP contribution in [-0.4, -0.2) is 50.3 Å². The van der Waals surface area contributed by atoms with Crippen molar-refractivity contribution >= 4 is 23.1 Å². The van der Waals surface area contributed by atoms with Crippen LogP contribution in [0.15, 0.2) is 24.3 Å². The molecule has 0 aliphatic carbocycles. The third kappa shape index (κ3) is 4.11. The van der Waals surface area contributed by atoms with Crippen LogP contribution in [0.1, 0.15) is 26.2 Å². The molecule has 2 fully saturated rings. The van der Waals surface area contributed by atoms with Crippen molar-refractivity contribution in [2.24, 2.45) is 0 Å². The standard InChI is InChI=1S/C18H29N3S/c1-2-15-22-18-7-11-20(12-8-18)16-3-5-17(6-4-16)21-13-9-19-10-14-21/h3-6,18-19H,2,7-15H2,1H3. The molecule has 0 spiro atoms. The third-order valence-corrected chi connectivity index (χ3v) is 6.28. The molecule has 122 valence electrons. The fraction of sp³-hybridized carbons (Fsp3) is 0.667. The van der Waals surface area contributed by atoms with Crippen LogP contribution in [0.2, 0.25) is 0 Å². The van der Waals surface area contributed by atoms with E-state index in [2.05, 4.69) is 58.1 Å². The molecule has 1 aromatic carbocycles. The molecule has 0 amide bonds. The van der Waals surface area contributed by atoms with Crippen molar-refractivity contribution in [2.45, 2.75) is 31.4 Å². The van der Waals surface area contributed by atoms with E-state index in [1.807, 2.05) is 0 Å². The van der Waals surface area contributed by atoms with Gasteiger partial charge in [0.05, 0.1) is 0 Å². The van der Waals surface area contributed by atoms with E-state index < -0.39 is 0 Å². The summed E-state index contributed by atoms with van der Waals surface area (Å²) < 4.78 is 0. The van der Waals surface area contributed by atoms with E-state index in [0.717, 1.165) is 31.4 Å². The highest BCUT2D eigenvalue weighted by Crippen LogP contribution is 2.28. The molecule has 3 rings (SSSR count). The Morgan fingerprint density at radius 3 is 2.05 bits per heavy atom. The lowest BCUT2D eigenvalue weighted by Gasteiger charge is -2.34. The minimum absolute atomic E-state index is 0.885. The highest BCUT2D eigenvalue weighted by Gasteiger charge is 2.19. The number of benzene rings is 1. The van der Waals surface area contributed by atoms with Crippen molar-refractivity contribution in [1.29, 1.82) is 0 Å². The summed E-state index contributed by atoms with van der Waals surface area (Å²) >= 11 is 2.18. The monoisotopic (exact) mass is 319 g/mol. The Hall–Kier alpha value is -0.870. The van der Waals surface area contributed by atoms with Gasteiger partial charge in [-0.3, -0.25) is 0 Å². The van der Waals surface area contributed by atoms with Gasteiger partial charge < -0.3 is 15.1 Å². The highest BCUT2D eigenvalue weighted by molar-refractivity contribution is 7.99. The van der Waals surface area contributed by atoms with Crippen LogP contribution in [0.3, 0.4) is 0 Å².